The van der Waals surface area contributed by atoms with Gasteiger partial charge in [0.15, 0.2) is 6.33 Å². The summed E-state index contributed by atoms with van der Waals surface area (Å²) >= 11 is 0. The van der Waals surface area contributed by atoms with Gasteiger partial charge in [0, 0.05) is 6.07 Å². The first-order valence-corrected chi connectivity index (χ1v) is 3.56. The number of rotatable bonds is 0. The van der Waals surface area contributed by atoms with Gasteiger partial charge < -0.3 is 0 Å². The van der Waals surface area contributed by atoms with Crippen LogP contribution in [0.2, 0.25) is 0 Å². The molecule has 0 N–H and O–H groups in total. The molecule has 0 aliphatic rings. The third kappa shape index (κ3) is 0.808. The minimum Gasteiger partial charge on any atom is -0.232 e. The average Bonchev–Trinajstić information content (AvgIpc) is 2.45. The molecule has 3 heteroatoms. The zero-order valence-electron chi connectivity index (χ0n) is 6.65. The van der Waals surface area contributed by atoms with Crippen LogP contribution in [0.4, 0.5) is 0 Å². The highest BCUT2D eigenvalue weighted by Crippen LogP contribution is 1.95. The predicted molar refractivity (Wildman–Crippen MR) is 41.1 cm³/mol. The van der Waals surface area contributed by atoms with Crippen LogP contribution in [0.15, 0.2) is 24.8 Å². The SMILES string of the molecule is Cc1ccn2cncc2[n+]1C. The fraction of sp³-hybridized carbons (Fsp3) is 0.250. The Morgan fingerprint density at radius 3 is 3.18 bits per heavy atom. The highest BCUT2D eigenvalue weighted by Gasteiger charge is 2.05. The zero-order chi connectivity index (χ0) is 7.84. The zero-order valence-corrected chi connectivity index (χ0v) is 6.65. The molecule has 3 nitrogen and oxygen atoms in total. The lowest BCUT2D eigenvalue weighted by molar-refractivity contribution is -0.654. The van der Waals surface area contributed by atoms with Crippen molar-refractivity contribution in [1.82, 2.24) is 9.38 Å². The maximum absolute atomic E-state index is 4.05. The van der Waals surface area contributed by atoms with Gasteiger partial charge >= 0.3 is 5.65 Å². The molecule has 56 valence electrons. The Morgan fingerprint density at radius 1 is 1.55 bits per heavy atom. The normalized spacial score (nSPS) is 10.7. The van der Waals surface area contributed by atoms with Crippen LogP contribution in [0.3, 0.4) is 0 Å². The monoisotopic (exact) mass is 148 g/mol. The number of aryl methyl sites for hydroxylation is 2. The van der Waals surface area contributed by atoms with E-state index in [0.717, 1.165) is 5.65 Å². The highest BCUT2D eigenvalue weighted by atomic mass is 15.1. The summed E-state index contributed by atoms with van der Waals surface area (Å²) < 4.78 is 4.10. The van der Waals surface area contributed by atoms with E-state index in [-0.39, 0.29) is 0 Å². The number of hydrogen-bond acceptors (Lipinski definition) is 1. The van der Waals surface area contributed by atoms with Gasteiger partial charge in [0.2, 0.25) is 0 Å². The molecule has 0 aliphatic heterocycles. The topological polar surface area (TPSA) is 21.2 Å². The number of aromatic nitrogens is 3. The van der Waals surface area contributed by atoms with Crippen molar-refractivity contribution in [3.63, 3.8) is 0 Å². The van der Waals surface area contributed by atoms with Crippen molar-refractivity contribution in [3.05, 3.63) is 30.5 Å². The summed E-state index contributed by atoms with van der Waals surface area (Å²) in [6, 6.07) is 2.06. The molecule has 2 aromatic heterocycles. The van der Waals surface area contributed by atoms with Crippen molar-refractivity contribution in [2.45, 2.75) is 6.92 Å². The Balaban J connectivity index is 2.93. The first-order valence-electron chi connectivity index (χ1n) is 3.56. The third-order valence-electron chi connectivity index (χ3n) is 1.99. The van der Waals surface area contributed by atoms with Crippen LogP contribution in [0, 0.1) is 6.92 Å². The van der Waals surface area contributed by atoms with E-state index in [1.807, 2.05) is 23.8 Å². The lowest BCUT2D eigenvalue weighted by Crippen LogP contribution is -2.33. The minimum absolute atomic E-state index is 1.12. The van der Waals surface area contributed by atoms with Crippen LogP contribution in [-0.4, -0.2) is 9.38 Å². The number of fused-ring (bicyclic) bond motifs is 1. The summed E-state index contributed by atoms with van der Waals surface area (Å²) in [6.07, 6.45) is 5.67. The van der Waals surface area contributed by atoms with E-state index >= 15 is 0 Å². The lowest BCUT2D eigenvalue weighted by Gasteiger charge is -1.95. The van der Waals surface area contributed by atoms with Crippen molar-refractivity contribution < 1.29 is 4.57 Å². The first kappa shape index (κ1) is 6.34. The van der Waals surface area contributed by atoms with E-state index in [0.29, 0.717) is 0 Å². The molecule has 2 rings (SSSR count). The molecular weight excluding hydrogens is 138 g/mol. The van der Waals surface area contributed by atoms with Crippen LogP contribution in [0.25, 0.3) is 5.65 Å². The Bertz CT molecular complexity index is 389. The van der Waals surface area contributed by atoms with E-state index < -0.39 is 0 Å². The van der Waals surface area contributed by atoms with Gasteiger partial charge in [0.05, 0.1) is 7.05 Å². The Hall–Kier alpha value is -1.38. The molecule has 0 fully saturated rings. The van der Waals surface area contributed by atoms with E-state index in [2.05, 4.69) is 22.5 Å². The Morgan fingerprint density at radius 2 is 2.36 bits per heavy atom. The van der Waals surface area contributed by atoms with Crippen LogP contribution in [0.5, 0.6) is 0 Å². The third-order valence-corrected chi connectivity index (χ3v) is 1.99. The van der Waals surface area contributed by atoms with E-state index in [1.54, 1.807) is 6.33 Å². The van der Waals surface area contributed by atoms with E-state index in [9.17, 15) is 0 Å². The second kappa shape index (κ2) is 2.05. The van der Waals surface area contributed by atoms with Crippen molar-refractivity contribution in [2.24, 2.45) is 7.05 Å². The van der Waals surface area contributed by atoms with Gasteiger partial charge in [-0.05, 0) is 6.92 Å². The number of imidazole rings is 1. The van der Waals surface area contributed by atoms with Gasteiger partial charge in [-0.25, -0.2) is 9.55 Å². The number of nitrogens with zero attached hydrogens (tertiary/aromatic N) is 3. The minimum atomic E-state index is 1.12. The second-order valence-corrected chi connectivity index (χ2v) is 2.68. The molecule has 0 saturated carbocycles. The predicted octanol–water partition coefficient (Wildman–Crippen LogP) is 0.467. The quantitative estimate of drug-likeness (QED) is 0.497. The van der Waals surface area contributed by atoms with Gasteiger partial charge in [0.1, 0.15) is 18.1 Å². The molecule has 0 unspecified atom stereocenters. The second-order valence-electron chi connectivity index (χ2n) is 2.68. The van der Waals surface area contributed by atoms with Crippen LogP contribution in [-0.2, 0) is 7.05 Å². The first-order chi connectivity index (χ1) is 5.29. The lowest BCUT2D eigenvalue weighted by atomic mass is 10.4. The molecule has 2 heterocycles. The smallest absolute Gasteiger partial charge is 0.232 e. The summed E-state index contributed by atoms with van der Waals surface area (Å²) in [4.78, 5) is 4.05. The number of hydrogen-bond donors (Lipinski definition) is 0. The average molecular weight is 148 g/mol. The van der Waals surface area contributed by atoms with Crippen LogP contribution in [0.1, 0.15) is 5.69 Å². The molecule has 0 aliphatic carbocycles. The van der Waals surface area contributed by atoms with Crippen LogP contribution >= 0.6 is 0 Å². The van der Waals surface area contributed by atoms with Crippen molar-refractivity contribution in [2.75, 3.05) is 0 Å². The molecule has 0 atom stereocenters. The van der Waals surface area contributed by atoms with Gasteiger partial charge in [-0.1, -0.05) is 0 Å². The molecule has 0 bridgehead atoms. The van der Waals surface area contributed by atoms with E-state index in [1.165, 1.54) is 5.69 Å². The fourth-order valence-electron chi connectivity index (χ4n) is 1.15. The molecule has 0 spiro atoms. The van der Waals surface area contributed by atoms with E-state index in [4.69, 9.17) is 0 Å². The van der Waals surface area contributed by atoms with Gasteiger partial charge in [0.25, 0.3) is 0 Å². The molecule has 0 amide bonds. The highest BCUT2D eigenvalue weighted by molar-refractivity contribution is 5.27. The van der Waals surface area contributed by atoms with Gasteiger partial charge in [-0.2, -0.15) is 4.40 Å². The maximum atomic E-state index is 4.05. The van der Waals surface area contributed by atoms with Crippen molar-refractivity contribution >= 4 is 5.65 Å². The fourth-order valence-corrected chi connectivity index (χ4v) is 1.15. The maximum Gasteiger partial charge on any atom is 0.306 e. The summed E-state index contributed by atoms with van der Waals surface area (Å²) in [6.45, 7) is 2.08. The Labute approximate surface area is 64.9 Å². The summed E-state index contributed by atoms with van der Waals surface area (Å²) in [5, 5.41) is 0. The molecule has 0 aromatic carbocycles. The molecule has 0 saturated heterocycles. The molecule has 2 aromatic rings. The van der Waals surface area contributed by atoms with Crippen molar-refractivity contribution in [1.29, 1.82) is 0 Å². The van der Waals surface area contributed by atoms with Gasteiger partial charge in [-0.15, -0.1) is 0 Å². The molecule has 0 radical (unpaired) electrons. The van der Waals surface area contributed by atoms with Crippen LogP contribution < -0.4 is 4.57 Å². The largest absolute Gasteiger partial charge is 0.306 e. The molecular formula is C8H10N3+. The summed E-state index contributed by atoms with van der Waals surface area (Å²) in [5.41, 5.74) is 2.35. The standard InChI is InChI=1S/C8H10N3/c1-7-3-4-11-6-9-5-8(11)10(7)2/h3-6H,1-2H3/q+1. The van der Waals surface area contributed by atoms with Crippen molar-refractivity contribution in [3.8, 4) is 0 Å². The molecule has 11 heavy (non-hydrogen) atoms. The van der Waals surface area contributed by atoms with Gasteiger partial charge in [-0.3, -0.25) is 0 Å². The Kier molecular flexibility index (Phi) is 1.18. The summed E-state index contributed by atoms with van der Waals surface area (Å²) in [7, 11) is 2.03. The summed E-state index contributed by atoms with van der Waals surface area (Å²) in [5.74, 6) is 0.